The van der Waals surface area contributed by atoms with Gasteiger partial charge in [0, 0.05) is 11.8 Å². The summed E-state index contributed by atoms with van der Waals surface area (Å²) in [5.74, 6) is 0.236. The van der Waals surface area contributed by atoms with Gasteiger partial charge in [-0.2, -0.15) is 13.2 Å². The van der Waals surface area contributed by atoms with Crippen LogP contribution in [0, 0.1) is 0 Å². The van der Waals surface area contributed by atoms with Crippen LogP contribution < -0.4 is 23.8 Å². The van der Waals surface area contributed by atoms with Gasteiger partial charge in [0.2, 0.25) is 5.91 Å². The van der Waals surface area contributed by atoms with Crippen molar-refractivity contribution in [1.29, 1.82) is 0 Å². The number of nitrogens with one attached hydrogen (secondary N) is 1. The smallest absolute Gasteiger partial charge is 0.416 e. The van der Waals surface area contributed by atoms with Crippen molar-refractivity contribution >= 4 is 27.3 Å². The molecule has 1 fully saturated rings. The number of nitrogens with zero attached hydrogens (tertiary/aromatic N) is 1. The molecule has 1 aliphatic carbocycles. The highest BCUT2D eigenvalue weighted by atomic mass is 32.2. The lowest BCUT2D eigenvalue weighted by Crippen LogP contribution is -2.38. The molecule has 1 saturated carbocycles. The maximum Gasteiger partial charge on any atom is 0.416 e. The van der Waals surface area contributed by atoms with E-state index >= 15 is 0 Å². The average molecular weight is 579 g/mol. The van der Waals surface area contributed by atoms with Crippen molar-refractivity contribution in [3.63, 3.8) is 0 Å². The Labute approximate surface area is 230 Å². The van der Waals surface area contributed by atoms with E-state index in [2.05, 4.69) is 5.32 Å². The number of halogens is 3. The second kappa shape index (κ2) is 12.1. The van der Waals surface area contributed by atoms with E-state index in [1.807, 2.05) is 0 Å². The molecule has 1 amide bonds. The van der Waals surface area contributed by atoms with Crippen LogP contribution in [0.4, 0.5) is 24.5 Å². The van der Waals surface area contributed by atoms with E-state index in [0.29, 0.717) is 21.8 Å². The molecule has 3 aromatic carbocycles. The first-order valence-electron chi connectivity index (χ1n) is 12.5. The van der Waals surface area contributed by atoms with E-state index in [1.54, 1.807) is 24.3 Å². The zero-order valence-electron chi connectivity index (χ0n) is 21.9. The van der Waals surface area contributed by atoms with Gasteiger partial charge in [-0.15, -0.1) is 0 Å². The summed E-state index contributed by atoms with van der Waals surface area (Å²) in [7, 11) is -1.84. The SMILES string of the molecule is COc1ccc(S(=O)(=O)N(CC(=O)Nc2ccc(OC3CCCC3)cc2)c2cccc(C(F)(F)F)c2)cc1OC. The van der Waals surface area contributed by atoms with Gasteiger partial charge < -0.3 is 19.5 Å². The number of anilines is 2. The largest absolute Gasteiger partial charge is 0.493 e. The third-order valence-corrected chi connectivity index (χ3v) is 8.20. The van der Waals surface area contributed by atoms with Crippen molar-refractivity contribution in [1.82, 2.24) is 0 Å². The van der Waals surface area contributed by atoms with Gasteiger partial charge in [-0.25, -0.2) is 8.42 Å². The Balaban J connectivity index is 1.62. The molecule has 0 aliphatic heterocycles. The number of hydrogen-bond acceptors (Lipinski definition) is 6. The fraction of sp³-hybridized carbons (Fsp3) is 0.321. The molecule has 1 aliphatic rings. The first kappa shape index (κ1) is 29.1. The standard InChI is InChI=1S/C28H29F3N2O6S/c1-37-25-15-14-24(17-26(25)38-2)40(35,36)33(21-7-5-6-19(16-21)28(29,30)31)18-27(34)32-20-10-12-23(13-11-20)39-22-8-3-4-9-22/h5-7,10-17,22H,3-4,8-9,18H2,1-2H3,(H,32,34). The van der Waals surface area contributed by atoms with Gasteiger partial charge in [0.05, 0.1) is 36.5 Å². The summed E-state index contributed by atoms with van der Waals surface area (Å²) in [6.07, 6.45) is -0.361. The monoisotopic (exact) mass is 578 g/mol. The van der Waals surface area contributed by atoms with Crippen LogP contribution in [0.3, 0.4) is 0 Å². The number of methoxy groups -OCH3 is 2. The molecule has 0 radical (unpaired) electrons. The molecule has 0 aromatic heterocycles. The average Bonchev–Trinajstić information content (AvgIpc) is 3.45. The third kappa shape index (κ3) is 6.79. The van der Waals surface area contributed by atoms with Crippen molar-refractivity contribution in [2.75, 3.05) is 30.4 Å². The van der Waals surface area contributed by atoms with Crippen LogP contribution >= 0.6 is 0 Å². The third-order valence-electron chi connectivity index (χ3n) is 6.43. The molecule has 12 heteroatoms. The highest BCUT2D eigenvalue weighted by Gasteiger charge is 2.33. The van der Waals surface area contributed by atoms with Crippen molar-refractivity contribution < 1.29 is 40.6 Å². The predicted molar refractivity (Wildman–Crippen MR) is 143 cm³/mol. The fourth-order valence-electron chi connectivity index (χ4n) is 4.40. The minimum Gasteiger partial charge on any atom is -0.493 e. The van der Waals surface area contributed by atoms with Crippen LogP contribution in [-0.4, -0.2) is 41.2 Å². The number of alkyl halides is 3. The van der Waals surface area contributed by atoms with Crippen molar-refractivity contribution in [3.8, 4) is 17.2 Å². The van der Waals surface area contributed by atoms with Gasteiger partial charge >= 0.3 is 6.18 Å². The van der Waals surface area contributed by atoms with E-state index in [-0.39, 0.29) is 28.2 Å². The molecule has 0 bridgehead atoms. The summed E-state index contributed by atoms with van der Waals surface area (Å²) in [5, 5.41) is 2.60. The minimum atomic E-state index is -4.72. The van der Waals surface area contributed by atoms with Crippen LogP contribution in [0.1, 0.15) is 31.2 Å². The van der Waals surface area contributed by atoms with E-state index in [1.165, 1.54) is 38.5 Å². The van der Waals surface area contributed by atoms with Gasteiger partial charge in [0.25, 0.3) is 10.0 Å². The summed E-state index contributed by atoms with van der Waals surface area (Å²) in [4.78, 5) is 12.7. The first-order chi connectivity index (χ1) is 19.0. The molecule has 0 atom stereocenters. The summed E-state index contributed by atoms with van der Waals surface area (Å²) >= 11 is 0. The van der Waals surface area contributed by atoms with Crippen LogP contribution in [0.2, 0.25) is 0 Å². The zero-order valence-corrected chi connectivity index (χ0v) is 22.7. The van der Waals surface area contributed by atoms with Gasteiger partial charge in [0.15, 0.2) is 11.5 Å². The molecular formula is C28H29F3N2O6S. The Morgan fingerprint density at radius 2 is 1.62 bits per heavy atom. The number of rotatable bonds is 10. The topological polar surface area (TPSA) is 94.2 Å². The quantitative estimate of drug-likeness (QED) is 0.323. The molecule has 0 heterocycles. The second-order valence-corrected chi connectivity index (χ2v) is 11.0. The molecule has 0 unspecified atom stereocenters. The van der Waals surface area contributed by atoms with E-state index in [9.17, 15) is 26.4 Å². The van der Waals surface area contributed by atoms with Crippen LogP contribution in [0.15, 0.2) is 71.6 Å². The van der Waals surface area contributed by atoms with Crippen molar-refractivity contribution in [3.05, 3.63) is 72.3 Å². The maximum absolute atomic E-state index is 13.7. The Hall–Kier alpha value is -3.93. The van der Waals surface area contributed by atoms with Crippen LogP contribution in [-0.2, 0) is 21.0 Å². The molecule has 0 spiro atoms. The first-order valence-corrected chi connectivity index (χ1v) is 13.9. The zero-order chi connectivity index (χ0) is 28.9. The number of carbonyl (C=O) groups is 1. The van der Waals surface area contributed by atoms with Crippen LogP contribution in [0.25, 0.3) is 0 Å². The predicted octanol–water partition coefficient (Wildman–Crippen LogP) is 5.88. The highest BCUT2D eigenvalue weighted by Crippen LogP contribution is 2.35. The molecule has 4 rings (SSSR count). The molecule has 1 N–H and O–H groups in total. The summed E-state index contributed by atoms with van der Waals surface area (Å²) < 4.78 is 84.7. The van der Waals surface area contributed by atoms with Gasteiger partial charge in [-0.1, -0.05) is 6.07 Å². The highest BCUT2D eigenvalue weighted by molar-refractivity contribution is 7.92. The summed E-state index contributed by atoms with van der Waals surface area (Å²) in [6, 6.07) is 14.1. The van der Waals surface area contributed by atoms with Gasteiger partial charge in [0.1, 0.15) is 12.3 Å². The molecule has 8 nitrogen and oxygen atoms in total. The van der Waals surface area contributed by atoms with Crippen molar-refractivity contribution in [2.24, 2.45) is 0 Å². The number of carbonyl (C=O) groups excluding carboxylic acids is 1. The number of amides is 1. The lowest BCUT2D eigenvalue weighted by molar-refractivity contribution is -0.137. The lowest BCUT2D eigenvalue weighted by atomic mass is 10.2. The van der Waals surface area contributed by atoms with Crippen molar-refractivity contribution in [2.45, 2.75) is 42.9 Å². The Kier molecular flexibility index (Phi) is 8.77. The fourth-order valence-corrected chi connectivity index (χ4v) is 5.83. The van der Waals surface area contributed by atoms with Gasteiger partial charge in [-0.05, 0) is 80.3 Å². The molecule has 3 aromatic rings. The Morgan fingerprint density at radius 1 is 0.950 bits per heavy atom. The van der Waals surface area contributed by atoms with E-state index in [0.717, 1.165) is 37.8 Å². The molecular weight excluding hydrogens is 549 g/mol. The number of ether oxygens (including phenoxy) is 3. The minimum absolute atomic E-state index is 0.0944. The second-order valence-electron chi connectivity index (χ2n) is 9.17. The maximum atomic E-state index is 13.7. The summed E-state index contributed by atoms with van der Waals surface area (Å²) in [5.41, 5.74) is -1.02. The number of sulfonamides is 1. The number of benzene rings is 3. The van der Waals surface area contributed by atoms with E-state index in [4.69, 9.17) is 14.2 Å². The Bertz CT molecular complexity index is 1440. The summed E-state index contributed by atoms with van der Waals surface area (Å²) in [6.45, 7) is -0.793. The molecule has 40 heavy (non-hydrogen) atoms. The number of hydrogen-bond donors (Lipinski definition) is 1. The molecule has 214 valence electrons. The van der Waals surface area contributed by atoms with Gasteiger partial charge in [-0.3, -0.25) is 9.10 Å². The molecule has 0 saturated heterocycles. The normalized spacial score (nSPS) is 14.0. The lowest BCUT2D eigenvalue weighted by Gasteiger charge is -2.25. The Morgan fingerprint density at radius 3 is 2.25 bits per heavy atom. The van der Waals surface area contributed by atoms with E-state index < -0.39 is 34.2 Å². The van der Waals surface area contributed by atoms with Crippen LogP contribution in [0.5, 0.6) is 17.2 Å².